The molecule has 0 spiro atoms. The van der Waals surface area contributed by atoms with Crippen LogP contribution in [0.25, 0.3) is 10.9 Å². The fourth-order valence-electron chi connectivity index (χ4n) is 2.52. The van der Waals surface area contributed by atoms with E-state index in [1.54, 1.807) is 0 Å². The van der Waals surface area contributed by atoms with Gasteiger partial charge >= 0.3 is 0 Å². The maximum absolute atomic E-state index is 3.57. The first-order chi connectivity index (χ1) is 7.86. The molecule has 1 aromatic carbocycles. The van der Waals surface area contributed by atoms with Crippen LogP contribution < -0.4 is 10.6 Å². The summed E-state index contributed by atoms with van der Waals surface area (Å²) in [6.07, 6.45) is 2.25. The summed E-state index contributed by atoms with van der Waals surface area (Å²) in [7, 11) is 2.11. The summed E-state index contributed by atoms with van der Waals surface area (Å²) < 4.78 is 2.21. The monoisotopic (exact) mass is 251 g/mol. The molecule has 1 aliphatic heterocycles. The van der Waals surface area contributed by atoms with Gasteiger partial charge < -0.3 is 15.2 Å². The lowest BCUT2D eigenvalue weighted by Gasteiger charge is -2.24. The summed E-state index contributed by atoms with van der Waals surface area (Å²) >= 11 is 0. The molecular formula is C13H18ClN3. The Morgan fingerprint density at radius 3 is 2.82 bits per heavy atom. The molecule has 0 radical (unpaired) electrons. The van der Waals surface area contributed by atoms with Gasteiger partial charge in [0.05, 0.1) is 0 Å². The summed E-state index contributed by atoms with van der Waals surface area (Å²) in [6.45, 7) is 3.14. The molecule has 0 unspecified atom stereocenters. The van der Waals surface area contributed by atoms with Gasteiger partial charge in [-0.25, -0.2) is 0 Å². The van der Waals surface area contributed by atoms with E-state index in [0.717, 1.165) is 19.6 Å². The van der Waals surface area contributed by atoms with Gasteiger partial charge in [-0.1, -0.05) is 18.2 Å². The van der Waals surface area contributed by atoms with E-state index in [2.05, 4.69) is 52.7 Å². The van der Waals surface area contributed by atoms with Crippen molar-refractivity contribution in [1.82, 2.24) is 15.2 Å². The highest BCUT2D eigenvalue weighted by atomic mass is 35.5. The lowest BCUT2D eigenvalue weighted by atomic mass is 10.0. The van der Waals surface area contributed by atoms with E-state index in [1.165, 1.54) is 16.5 Å². The van der Waals surface area contributed by atoms with E-state index in [1.807, 2.05) is 0 Å². The third-order valence-electron chi connectivity index (χ3n) is 3.34. The number of para-hydroxylation sites is 1. The molecule has 2 N–H and O–H groups in total. The molecule has 3 rings (SSSR count). The average Bonchev–Trinajstić information content (AvgIpc) is 2.69. The Hall–Kier alpha value is -1.03. The number of hydrogen-bond acceptors (Lipinski definition) is 2. The first kappa shape index (κ1) is 12.4. The molecule has 92 valence electrons. The van der Waals surface area contributed by atoms with Gasteiger partial charge in [0, 0.05) is 49.8 Å². The van der Waals surface area contributed by atoms with Crippen molar-refractivity contribution >= 4 is 23.3 Å². The normalized spacial score (nSPS) is 20.2. The zero-order chi connectivity index (χ0) is 11.0. The summed E-state index contributed by atoms with van der Waals surface area (Å²) in [6, 6.07) is 9.04. The molecule has 3 nitrogen and oxygen atoms in total. The maximum Gasteiger partial charge on any atom is 0.0481 e. The Balaban J connectivity index is 0.00000108. The smallest absolute Gasteiger partial charge is 0.0481 e. The van der Waals surface area contributed by atoms with Gasteiger partial charge in [-0.05, 0) is 11.6 Å². The minimum Gasteiger partial charge on any atom is -0.350 e. The van der Waals surface area contributed by atoms with Gasteiger partial charge in [-0.2, -0.15) is 0 Å². The van der Waals surface area contributed by atoms with Crippen LogP contribution in [0.3, 0.4) is 0 Å². The van der Waals surface area contributed by atoms with E-state index in [0.29, 0.717) is 6.04 Å². The second-order valence-electron chi connectivity index (χ2n) is 4.42. The standard InChI is InChI=1S/C13H17N3.ClH/c1-16-9-11(12-8-14-6-7-15-12)10-4-2-3-5-13(10)16;/h2-5,9,12,14-15H,6-8H2,1H3;1H/t12-;/m1./s1. The van der Waals surface area contributed by atoms with Crippen molar-refractivity contribution in [3.8, 4) is 0 Å². The zero-order valence-corrected chi connectivity index (χ0v) is 10.8. The van der Waals surface area contributed by atoms with E-state index in [9.17, 15) is 0 Å². The number of fused-ring (bicyclic) bond motifs is 1. The number of nitrogens with one attached hydrogen (secondary N) is 2. The van der Waals surface area contributed by atoms with E-state index in [4.69, 9.17) is 0 Å². The summed E-state index contributed by atoms with van der Waals surface area (Å²) in [5, 5.41) is 8.37. The maximum atomic E-state index is 3.57. The van der Waals surface area contributed by atoms with Crippen LogP contribution in [0.15, 0.2) is 30.5 Å². The molecule has 2 aromatic rings. The third kappa shape index (κ3) is 2.18. The Morgan fingerprint density at radius 1 is 1.24 bits per heavy atom. The van der Waals surface area contributed by atoms with Crippen LogP contribution in [0.5, 0.6) is 0 Å². The van der Waals surface area contributed by atoms with Crippen molar-refractivity contribution < 1.29 is 0 Å². The topological polar surface area (TPSA) is 29.0 Å². The van der Waals surface area contributed by atoms with Crippen LogP contribution in [0.2, 0.25) is 0 Å². The predicted octanol–water partition coefficient (Wildman–Crippen LogP) is 1.83. The predicted molar refractivity (Wildman–Crippen MR) is 73.8 cm³/mol. The van der Waals surface area contributed by atoms with Crippen LogP contribution in [-0.2, 0) is 7.05 Å². The highest BCUT2D eigenvalue weighted by molar-refractivity contribution is 5.85. The largest absolute Gasteiger partial charge is 0.350 e. The molecular weight excluding hydrogens is 234 g/mol. The summed E-state index contributed by atoms with van der Waals surface area (Å²) in [5.74, 6) is 0. The highest BCUT2D eigenvalue weighted by Crippen LogP contribution is 2.26. The lowest BCUT2D eigenvalue weighted by Crippen LogP contribution is -2.42. The summed E-state index contributed by atoms with van der Waals surface area (Å²) in [5.41, 5.74) is 2.72. The van der Waals surface area contributed by atoms with Crippen molar-refractivity contribution in [3.05, 3.63) is 36.0 Å². The minimum atomic E-state index is 0. The van der Waals surface area contributed by atoms with Gasteiger partial charge in [-0.15, -0.1) is 12.4 Å². The molecule has 2 heterocycles. The van der Waals surface area contributed by atoms with Gasteiger partial charge in [0.15, 0.2) is 0 Å². The molecule has 1 atom stereocenters. The van der Waals surface area contributed by atoms with Crippen LogP contribution in [0.4, 0.5) is 0 Å². The van der Waals surface area contributed by atoms with Crippen LogP contribution in [-0.4, -0.2) is 24.2 Å². The number of piperazine rings is 1. The molecule has 0 aliphatic carbocycles. The number of nitrogens with zero attached hydrogens (tertiary/aromatic N) is 1. The number of hydrogen-bond donors (Lipinski definition) is 2. The number of benzene rings is 1. The van der Waals surface area contributed by atoms with E-state index >= 15 is 0 Å². The second kappa shape index (κ2) is 5.08. The number of halogens is 1. The Labute approximate surface area is 108 Å². The van der Waals surface area contributed by atoms with Crippen molar-refractivity contribution in [2.24, 2.45) is 7.05 Å². The molecule has 1 saturated heterocycles. The molecule has 1 aromatic heterocycles. The van der Waals surface area contributed by atoms with Crippen LogP contribution >= 0.6 is 12.4 Å². The fourth-order valence-corrected chi connectivity index (χ4v) is 2.52. The van der Waals surface area contributed by atoms with Crippen LogP contribution in [0.1, 0.15) is 11.6 Å². The highest BCUT2D eigenvalue weighted by Gasteiger charge is 2.18. The van der Waals surface area contributed by atoms with Gasteiger partial charge in [0.1, 0.15) is 0 Å². The Kier molecular flexibility index (Phi) is 3.72. The average molecular weight is 252 g/mol. The van der Waals surface area contributed by atoms with Crippen molar-refractivity contribution in [1.29, 1.82) is 0 Å². The van der Waals surface area contributed by atoms with Gasteiger partial charge in [-0.3, -0.25) is 0 Å². The Bertz CT molecular complexity index is 500. The first-order valence-corrected chi connectivity index (χ1v) is 5.84. The first-order valence-electron chi connectivity index (χ1n) is 5.84. The van der Waals surface area contributed by atoms with Gasteiger partial charge in [0.2, 0.25) is 0 Å². The second-order valence-corrected chi connectivity index (χ2v) is 4.42. The van der Waals surface area contributed by atoms with Crippen molar-refractivity contribution in [3.63, 3.8) is 0 Å². The molecule has 17 heavy (non-hydrogen) atoms. The zero-order valence-electron chi connectivity index (χ0n) is 9.94. The number of aryl methyl sites for hydroxylation is 1. The number of aromatic nitrogens is 1. The van der Waals surface area contributed by atoms with E-state index < -0.39 is 0 Å². The lowest BCUT2D eigenvalue weighted by molar-refractivity contribution is 0.431. The van der Waals surface area contributed by atoms with Crippen molar-refractivity contribution in [2.45, 2.75) is 6.04 Å². The molecule has 0 amide bonds. The molecule has 4 heteroatoms. The Morgan fingerprint density at radius 2 is 2.06 bits per heavy atom. The third-order valence-corrected chi connectivity index (χ3v) is 3.34. The number of rotatable bonds is 1. The molecule has 0 bridgehead atoms. The van der Waals surface area contributed by atoms with Crippen LogP contribution in [0, 0.1) is 0 Å². The quantitative estimate of drug-likeness (QED) is 0.810. The fraction of sp³-hybridized carbons (Fsp3) is 0.385. The summed E-state index contributed by atoms with van der Waals surface area (Å²) in [4.78, 5) is 0. The minimum absolute atomic E-state index is 0. The molecule has 0 saturated carbocycles. The van der Waals surface area contributed by atoms with Crippen molar-refractivity contribution in [2.75, 3.05) is 19.6 Å². The van der Waals surface area contributed by atoms with E-state index in [-0.39, 0.29) is 12.4 Å². The molecule has 1 aliphatic rings. The van der Waals surface area contributed by atoms with Gasteiger partial charge in [0.25, 0.3) is 0 Å². The SMILES string of the molecule is Cl.Cn1cc([C@H]2CNCCN2)c2ccccc21. The molecule has 1 fully saturated rings.